The van der Waals surface area contributed by atoms with E-state index in [0.717, 1.165) is 80.9 Å². The number of hydrogen-bond acceptors (Lipinski definition) is 6. The molecule has 2 aliphatic carbocycles. The Balaban J connectivity index is 1.29. The molecule has 2 fully saturated rings. The highest BCUT2D eigenvalue weighted by atomic mass is 35.5. The van der Waals surface area contributed by atoms with E-state index in [1.165, 1.54) is 11.1 Å². The maximum absolute atomic E-state index is 13.5. The maximum Gasteiger partial charge on any atom is 0.263 e. The number of halogens is 1. The number of fused-ring (bicyclic) bond motifs is 5. The lowest BCUT2D eigenvalue weighted by molar-refractivity contribution is -0.212. The van der Waals surface area contributed by atoms with Crippen LogP contribution in [0.4, 0.5) is 5.69 Å². The number of hydrogen-bond donors (Lipinski definition) is 1. The van der Waals surface area contributed by atoms with Gasteiger partial charge in [-0.2, -0.15) is 0 Å². The lowest BCUT2D eigenvalue weighted by atomic mass is 9.62. The fraction of sp³-hybridized carbons (Fsp3) is 0.629. The maximum atomic E-state index is 13.5. The molecule has 1 amide bonds. The highest BCUT2D eigenvalue weighted by molar-refractivity contribution is 7.84. The van der Waals surface area contributed by atoms with E-state index < -0.39 is 11.0 Å². The van der Waals surface area contributed by atoms with Crippen molar-refractivity contribution in [2.24, 2.45) is 17.8 Å². The van der Waals surface area contributed by atoms with Gasteiger partial charge in [0.05, 0.1) is 43.0 Å². The molecule has 9 heteroatoms. The molecule has 3 heterocycles. The predicted molar refractivity (Wildman–Crippen MR) is 174 cm³/mol. The largest absolute Gasteiger partial charge is 0.490 e. The third-order valence-corrected chi connectivity index (χ3v) is 13.2. The van der Waals surface area contributed by atoms with Crippen LogP contribution in [0.1, 0.15) is 80.3 Å². The second-order valence-electron chi connectivity index (χ2n) is 14.0. The van der Waals surface area contributed by atoms with Gasteiger partial charge in [0.25, 0.3) is 5.91 Å². The molecule has 1 saturated heterocycles. The fourth-order valence-electron chi connectivity index (χ4n) is 8.57. The van der Waals surface area contributed by atoms with Crippen LogP contribution in [0.25, 0.3) is 0 Å². The van der Waals surface area contributed by atoms with Gasteiger partial charge in [-0.25, -0.2) is 4.21 Å². The van der Waals surface area contributed by atoms with Crippen molar-refractivity contribution in [2.45, 2.75) is 81.5 Å². The number of ether oxygens (including phenoxy) is 3. The van der Waals surface area contributed by atoms with Crippen molar-refractivity contribution in [2.75, 3.05) is 44.4 Å². The number of amides is 1. The summed E-state index contributed by atoms with van der Waals surface area (Å²) in [6, 6.07) is 12.0. The van der Waals surface area contributed by atoms with E-state index >= 15 is 0 Å². The molecule has 1 saturated carbocycles. The molecule has 2 spiro atoms. The molecular weight excluding hydrogens is 596 g/mol. The number of nitrogens with zero attached hydrogens (tertiary/aromatic N) is 1. The van der Waals surface area contributed by atoms with Crippen LogP contribution >= 0.6 is 11.6 Å². The molecule has 2 aromatic rings. The van der Waals surface area contributed by atoms with E-state index in [2.05, 4.69) is 28.7 Å². The van der Waals surface area contributed by atoms with Crippen LogP contribution in [0.15, 0.2) is 36.4 Å². The number of anilines is 1. The van der Waals surface area contributed by atoms with Crippen molar-refractivity contribution in [3.05, 3.63) is 58.1 Å². The first-order valence-electron chi connectivity index (χ1n) is 16.5. The van der Waals surface area contributed by atoms with Gasteiger partial charge in [-0.05, 0) is 111 Å². The molecule has 1 N–H and O–H groups in total. The molecule has 7 atom stereocenters. The Morgan fingerprint density at radius 3 is 2.70 bits per heavy atom. The van der Waals surface area contributed by atoms with Gasteiger partial charge < -0.3 is 19.1 Å². The summed E-state index contributed by atoms with van der Waals surface area (Å²) in [4.78, 5) is 15.9. The average molecular weight is 641 g/mol. The fourth-order valence-corrected chi connectivity index (χ4v) is 9.80. The number of rotatable bonds is 0. The van der Waals surface area contributed by atoms with E-state index in [0.29, 0.717) is 43.8 Å². The van der Waals surface area contributed by atoms with Gasteiger partial charge in [0.1, 0.15) is 16.7 Å². The van der Waals surface area contributed by atoms with E-state index in [9.17, 15) is 9.00 Å². The third-order valence-electron chi connectivity index (χ3n) is 11.4. The number of carbonyl (C=O) groups is 1. The van der Waals surface area contributed by atoms with E-state index in [1.807, 2.05) is 31.2 Å². The molecule has 3 aliphatic heterocycles. The van der Waals surface area contributed by atoms with Crippen LogP contribution in [0.5, 0.6) is 5.75 Å². The van der Waals surface area contributed by atoms with Crippen molar-refractivity contribution >= 4 is 34.2 Å². The van der Waals surface area contributed by atoms with Gasteiger partial charge >= 0.3 is 0 Å². The van der Waals surface area contributed by atoms with Crippen LogP contribution in [-0.2, 0) is 32.3 Å². The summed E-state index contributed by atoms with van der Waals surface area (Å²) in [5.74, 6) is 1.55. The quantitative estimate of drug-likeness (QED) is 0.368. The Morgan fingerprint density at radius 1 is 1.02 bits per heavy atom. The van der Waals surface area contributed by atoms with Crippen LogP contribution in [0.2, 0.25) is 5.02 Å². The number of benzene rings is 2. The van der Waals surface area contributed by atoms with Crippen LogP contribution in [0, 0.1) is 17.8 Å². The SMILES string of the molecule is CC1CCC[C@]2(COCCO2)C2CCC2CN2C[C@@]3(CCCc4cc(Cl)ccc43)COc3ccc(cc32)C(=O)NS(=O)C1C. The van der Waals surface area contributed by atoms with Crippen molar-refractivity contribution < 1.29 is 23.2 Å². The van der Waals surface area contributed by atoms with Crippen molar-refractivity contribution in [3.8, 4) is 5.75 Å². The standard InChI is InChI=1S/C35H45ClN2O5S/c1-23-5-3-14-35(22-41-15-16-43-35)30-10-7-27(30)19-38-20-34(13-4-6-25-17-28(36)9-11-29(25)34)21-42-32-12-8-26(18-31(32)38)33(39)37-44(40)24(23)2/h8-9,11-12,17-18,23-24,27,30H,3-7,10,13-16,19-22H2,1-2H3,(H,37,39)/t23?,24?,27?,30?,34-,35-,44?/m0/s1. The lowest BCUT2D eigenvalue weighted by Gasteiger charge is -2.53. The summed E-state index contributed by atoms with van der Waals surface area (Å²) in [5, 5.41) is 0.612. The van der Waals surface area contributed by atoms with Crippen LogP contribution in [-0.4, -0.2) is 60.5 Å². The smallest absolute Gasteiger partial charge is 0.263 e. The van der Waals surface area contributed by atoms with Gasteiger partial charge in [-0.3, -0.25) is 9.52 Å². The van der Waals surface area contributed by atoms with Gasteiger partial charge in [0, 0.05) is 29.1 Å². The molecule has 0 radical (unpaired) electrons. The average Bonchev–Trinajstić information content (AvgIpc) is 3.15. The van der Waals surface area contributed by atoms with Crippen molar-refractivity contribution in [3.63, 3.8) is 0 Å². The van der Waals surface area contributed by atoms with Crippen LogP contribution in [0.3, 0.4) is 0 Å². The first kappa shape index (κ1) is 30.5. The molecule has 0 aromatic heterocycles. The minimum absolute atomic E-state index is 0.164. The van der Waals surface area contributed by atoms with Gasteiger partial charge in [-0.15, -0.1) is 0 Å². The first-order chi connectivity index (χ1) is 21.3. The minimum atomic E-state index is -1.49. The molecule has 5 aliphatic rings. The lowest BCUT2D eigenvalue weighted by Crippen LogP contribution is -2.57. The summed E-state index contributed by atoms with van der Waals surface area (Å²) < 4.78 is 35.6. The Labute approximate surface area is 268 Å². The zero-order chi connectivity index (χ0) is 30.5. The zero-order valence-electron chi connectivity index (χ0n) is 25.9. The zero-order valence-corrected chi connectivity index (χ0v) is 27.5. The molecular formula is C35H45ClN2O5S. The minimum Gasteiger partial charge on any atom is -0.490 e. The normalized spacial score (nSPS) is 35.9. The molecule has 2 bridgehead atoms. The Morgan fingerprint density at radius 2 is 1.91 bits per heavy atom. The monoisotopic (exact) mass is 640 g/mol. The molecule has 5 unspecified atom stereocenters. The predicted octanol–water partition coefficient (Wildman–Crippen LogP) is 6.23. The Hall–Kier alpha value is -2.13. The molecule has 2 aromatic carbocycles. The van der Waals surface area contributed by atoms with Gasteiger partial charge in [-0.1, -0.05) is 31.0 Å². The Bertz CT molecular complexity index is 1430. The molecule has 44 heavy (non-hydrogen) atoms. The molecule has 7 nitrogen and oxygen atoms in total. The van der Waals surface area contributed by atoms with Crippen LogP contribution < -0.4 is 14.4 Å². The van der Waals surface area contributed by atoms with Gasteiger partial charge in [0.2, 0.25) is 0 Å². The second-order valence-corrected chi connectivity index (χ2v) is 16.0. The van der Waals surface area contributed by atoms with Crippen molar-refractivity contribution in [1.29, 1.82) is 0 Å². The number of nitrogens with one attached hydrogen (secondary N) is 1. The summed E-state index contributed by atoms with van der Waals surface area (Å²) in [7, 11) is -1.49. The molecule has 238 valence electrons. The highest BCUT2D eigenvalue weighted by Gasteiger charge is 2.51. The molecule has 7 rings (SSSR count). The van der Waals surface area contributed by atoms with E-state index in [4.69, 9.17) is 25.8 Å². The van der Waals surface area contributed by atoms with Gasteiger partial charge in [0.15, 0.2) is 0 Å². The third kappa shape index (κ3) is 5.58. The second kappa shape index (κ2) is 12.2. The number of aryl methyl sites for hydroxylation is 1. The number of carbonyl (C=O) groups excluding carboxylic acids is 1. The van der Waals surface area contributed by atoms with E-state index in [1.54, 1.807) is 0 Å². The van der Waals surface area contributed by atoms with Crippen molar-refractivity contribution in [1.82, 2.24) is 4.72 Å². The summed E-state index contributed by atoms with van der Waals surface area (Å²) in [5.41, 5.74) is 3.62. The topological polar surface area (TPSA) is 77.1 Å². The summed E-state index contributed by atoms with van der Waals surface area (Å²) >= 11 is 6.45. The van der Waals surface area contributed by atoms with E-state index in [-0.39, 0.29) is 28.1 Å². The summed E-state index contributed by atoms with van der Waals surface area (Å²) in [6.07, 6.45) is 8.26. The summed E-state index contributed by atoms with van der Waals surface area (Å²) in [6.45, 7) is 8.28. The highest BCUT2D eigenvalue weighted by Crippen LogP contribution is 2.50. The first-order valence-corrected chi connectivity index (χ1v) is 18.1. The Kier molecular flexibility index (Phi) is 8.49.